The highest BCUT2D eigenvalue weighted by atomic mass is 31.2. The number of carbonyl (C=O) groups is 2. The first-order valence-corrected chi connectivity index (χ1v) is 23.5. The summed E-state index contributed by atoms with van der Waals surface area (Å²) in [6, 6.07) is 0. The van der Waals surface area contributed by atoms with Crippen LogP contribution in [0.25, 0.3) is 0 Å². The first kappa shape index (κ1) is 52.0. The third-order valence-corrected chi connectivity index (χ3v) is 9.84. The molecule has 0 rings (SSSR count). The van der Waals surface area contributed by atoms with Crippen LogP contribution in [0.15, 0.2) is 48.6 Å². The molecule has 1 atom stereocenters. The average Bonchev–Trinajstić information content (AvgIpc) is 3.14. The summed E-state index contributed by atoms with van der Waals surface area (Å²) in [5.74, 6) is -0.945. The topological polar surface area (TPSA) is 119 Å². The zero-order chi connectivity index (χ0) is 39.6. The molecule has 0 fully saturated rings. The van der Waals surface area contributed by atoms with Gasteiger partial charge in [-0.1, -0.05) is 191 Å². The Morgan fingerprint density at radius 3 is 1.30 bits per heavy atom. The van der Waals surface area contributed by atoms with Crippen molar-refractivity contribution < 1.29 is 37.9 Å². The maximum absolute atomic E-state index is 12.4. The van der Waals surface area contributed by atoms with Crippen LogP contribution in [0.2, 0.25) is 0 Å². The number of phosphoric ester groups is 1. The summed E-state index contributed by atoms with van der Waals surface area (Å²) >= 11 is 0. The minimum absolute atomic E-state index is 0.137. The Hall–Kier alpha value is -1.99. The molecule has 0 aromatic rings. The Morgan fingerprint density at radius 2 is 0.852 bits per heavy atom. The van der Waals surface area contributed by atoms with Gasteiger partial charge in [0, 0.05) is 12.8 Å². The van der Waals surface area contributed by atoms with E-state index < -0.39 is 32.5 Å². The second-order valence-electron chi connectivity index (χ2n) is 14.7. The first-order chi connectivity index (χ1) is 26.3. The van der Waals surface area contributed by atoms with Gasteiger partial charge in [0.15, 0.2) is 6.10 Å². The molecule has 2 N–H and O–H groups in total. The fourth-order valence-corrected chi connectivity index (χ4v) is 6.43. The quantitative estimate of drug-likeness (QED) is 0.0273. The summed E-state index contributed by atoms with van der Waals surface area (Å²) in [5.41, 5.74) is 0. The van der Waals surface area contributed by atoms with Crippen molar-refractivity contribution in [1.82, 2.24) is 0 Å². The van der Waals surface area contributed by atoms with Crippen molar-refractivity contribution in [2.45, 2.75) is 213 Å². The van der Waals surface area contributed by atoms with Crippen LogP contribution in [0.4, 0.5) is 0 Å². The van der Waals surface area contributed by atoms with Gasteiger partial charge >= 0.3 is 19.8 Å². The Bertz CT molecular complexity index is 1020. The molecule has 0 spiro atoms. The summed E-state index contributed by atoms with van der Waals surface area (Å²) in [6.07, 6.45) is 49.8. The van der Waals surface area contributed by atoms with Crippen molar-refractivity contribution in [2.75, 3.05) is 13.2 Å². The van der Waals surface area contributed by atoms with Gasteiger partial charge in [0.25, 0.3) is 0 Å². The number of rotatable bonds is 40. The second-order valence-corrected chi connectivity index (χ2v) is 15.9. The number of hydrogen-bond acceptors (Lipinski definition) is 6. The monoisotopic (exact) mass is 781 g/mol. The maximum Gasteiger partial charge on any atom is 0.469 e. The lowest BCUT2D eigenvalue weighted by Gasteiger charge is -2.18. The van der Waals surface area contributed by atoms with Crippen molar-refractivity contribution in [2.24, 2.45) is 0 Å². The van der Waals surface area contributed by atoms with Gasteiger partial charge < -0.3 is 19.3 Å². The number of phosphoric acid groups is 1. The Labute approximate surface area is 331 Å². The third-order valence-electron chi connectivity index (χ3n) is 9.35. The van der Waals surface area contributed by atoms with Crippen molar-refractivity contribution in [1.29, 1.82) is 0 Å². The number of allylic oxidation sites excluding steroid dienone is 8. The molecule has 0 amide bonds. The number of esters is 2. The fourth-order valence-electron chi connectivity index (χ4n) is 6.07. The van der Waals surface area contributed by atoms with E-state index in [0.29, 0.717) is 12.8 Å². The highest BCUT2D eigenvalue weighted by Gasteiger charge is 2.22. The summed E-state index contributed by atoms with van der Waals surface area (Å²) in [4.78, 5) is 42.9. The summed E-state index contributed by atoms with van der Waals surface area (Å²) < 4.78 is 26.4. The van der Waals surface area contributed by atoms with Crippen LogP contribution in [0.1, 0.15) is 206 Å². The van der Waals surface area contributed by atoms with Gasteiger partial charge in [0.1, 0.15) is 6.61 Å². The molecule has 314 valence electrons. The Morgan fingerprint density at radius 1 is 0.481 bits per heavy atom. The van der Waals surface area contributed by atoms with E-state index in [1.54, 1.807) is 0 Å². The minimum Gasteiger partial charge on any atom is -0.462 e. The molecule has 0 aliphatic carbocycles. The molecule has 8 nitrogen and oxygen atoms in total. The predicted molar refractivity (Wildman–Crippen MR) is 225 cm³/mol. The smallest absolute Gasteiger partial charge is 0.462 e. The van der Waals surface area contributed by atoms with E-state index in [9.17, 15) is 14.2 Å². The number of ether oxygens (including phenoxy) is 2. The maximum atomic E-state index is 12.4. The molecule has 0 aromatic heterocycles. The highest BCUT2D eigenvalue weighted by molar-refractivity contribution is 7.46. The zero-order valence-corrected chi connectivity index (χ0v) is 35.5. The molecule has 0 bridgehead atoms. The van der Waals surface area contributed by atoms with Crippen LogP contribution < -0.4 is 0 Å². The van der Waals surface area contributed by atoms with Crippen LogP contribution in [0.3, 0.4) is 0 Å². The molecule has 0 aromatic carbocycles. The Balaban J connectivity index is 3.96. The third kappa shape index (κ3) is 42.7. The zero-order valence-electron chi connectivity index (χ0n) is 34.6. The number of carbonyl (C=O) groups excluding carboxylic acids is 2. The summed E-state index contributed by atoms with van der Waals surface area (Å²) in [5, 5.41) is 0. The molecule has 54 heavy (non-hydrogen) atoms. The van der Waals surface area contributed by atoms with Gasteiger partial charge in [-0.3, -0.25) is 14.1 Å². The van der Waals surface area contributed by atoms with Crippen molar-refractivity contribution in [3.8, 4) is 0 Å². The summed E-state index contributed by atoms with van der Waals surface area (Å²) in [6.45, 7) is 3.63. The first-order valence-electron chi connectivity index (χ1n) is 21.9. The highest BCUT2D eigenvalue weighted by Crippen LogP contribution is 2.36. The van der Waals surface area contributed by atoms with Gasteiger partial charge in [0.05, 0.1) is 6.61 Å². The molecule has 0 unspecified atom stereocenters. The van der Waals surface area contributed by atoms with Gasteiger partial charge in [-0.2, -0.15) is 0 Å². The van der Waals surface area contributed by atoms with Gasteiger partial charge in [-0.25, -0.2) is 4.57 Å². The van der Waals surface area contributed by atoms with Crippen molar-refractivity contribution >= 4 is 19.8 Å². The van der Waals surface area contributed by atoms with E-state index in [0.717, 1.165) is 38.5 Å². The van der Waals surface area contributed by atoms with Crippen molar-refractivity contribution in [3.05, 3.63) is 48.6 Å². The lowest BCUT2D eigenvalue weighted by atomic mass is 10.0. The molecular formula is C45H81O8P. The largest absolute Gasteiger partial charge is 0.469 e. The van der Waals surface area contributed by atoms with Crippen LogP contribution in [-0.4, -0.2) is 41.0 Å². The van der Waals surface area contributed by atoms with E-state index >= 15 is 0 Å². The van der Waals surface area contributed by atoms with Gasteiger partial charge in [-0.15, -0.1) is 0 Å². The molecule has 0 saturated carbocycles. The van der Waals surface area contributed by atoms with Gasteiger partial charge in [0.2, 0.25) is 0 Å². The molecule has 9 heteroatoms. The molecule has 0 radical (unpaired) electrons. The predicted octanol–water partition coefficient (Wildman–Crippen LogP) is 13.5. The number of unbranched alkanes of at least 4 members (excludes halogenated alkanes) is 22. The van der Waals surface area contributed by atoms with E-state index in [4.69, 9.17) is 19.3 Å². The average molecular weight is 781 g/mol. The fraction of sp³-hybridized carbons (Fsp3) is 0.778. The van der Waals surface area contributed by atoms with Crippen LogP contribution in [0, 0.1) is 0 Å². The van der Waals surface area contributed by atoms with Gasteiger partial charge in [-0.05, 0) is 51.4 Å². The van der Waals surface area contributed by atoms with E-state index in [2.05, 4.69) is 60.9 Å². The molecule has 0 aliphatic rings. The van der Waals surface area contributed by atoms with E-state index in [1.165, 1.54) is 128 Å². The van der Waals surface area contributed by atoms with Crippen LogP contribution in [-0.2, 0) is 28.2 Å². The van der Waals surface area contributed by atoms with E-state index in [-0.39, 0.29) is 19.4 Å². The molecule has 0 saturated heterocycles. The lowest BCUT2D eigenvalue weighted by molar-refractivity contribution is -0.161. The standard InChI is InChI=1S/C45H81O8P/c1-3-5-7-9-11-13-15-17-19-21-22-24-25-27-29-31-33-35-37-39-44(46)51-41-43(42-52-54(48,49)50)53-45(47)40-38-36-34-32-30-28-26-23-20-18-16-14-12-10-8-6-4-2/h12,14,18,20,26,28,32,34,43H,3-11,13,15-17,19,21-25,27,29-31,33,35-42H2,1-2H3,(H2,48,49,50)/b14-12+,20-18+,28-26+,34-32+/t43-/m1/s1. The van der Waals surface area contributed by atoms with Crippen LogP contribution in [0.5, 0.6) is 0 Å². The summed E-state index contributed by atoms with van der Waals surface area (Å²) in [7, 11) is -4.77. The minimum atomic E-state index is -4.77. The lowest BCUT2D eigenvalue weighted by Crippen LogP contribution is -2.29. The molecular weight excluding hydrogens is 699 g/mol. The number of hydrogen-bond donors (Lipinski definition) is 2. The van der Waals surface area contributed by atoms with Crippen molar-refractivity contribution in [3.63, 3.8) is 0 Å². The SMILES string of the molecule is CCCCC/C=C/C/C=C/C/C=C/C/C=C/CCCC(=O)O[C@H](COC(=O)CCCCCCCCCCCCCCCCCCCCC)COP(=O)(O)O. The molecule has 0 aliphatic heterocycles. The second kappa shape index (κ2) is 40.7. The normalized spacial score (nSPS) is 12.9. The van der Waals surface area contributed by atoms with Crippen LogP contribution >= 0.6 is 7.82 Å². The Kier molecular flexibility index (Phi) is 39.2. The molecule has 0 heterocycles. The van der Waals surface area contributed by atoms with E-state index in [1.807, 2.05) is 6.08 Å².